The second-order valence-corrected chi connectivity index (χ2v) is 3.30. The first-order chi connectivity index (χ1) is 8.86. The van der Waals surface area contributed by atoms with Crippen molar-refractivity contribution in [2.75, 3.05) is 18.2 Å². The lowest BCUT2D eigenvalue weighted by molar-refractivity contribution is -0.742. The number of hydrogen-bond acceptors (Lipinski definition) is 6. The monoisotopic (exact) mass is 288 g/mol. The van der Waals surface area contributed by atoms with Crippen LogP contribution in [-0.2, 0) is 4.74 Å². The third kappa shape index (κ3) is 8.15. The smallest absolute Gasteiger partial charge is 0.413 e. The number of nitrogens with zero attached hydrogens (tertiary/aromatic N) is 1. The fourth-order valence-corrected chi connectivity index (χ4v) is 1.10. The van der Waals surface area contributed by atoms with Crippen LogP contribution in [0.3, 0.4) is 0 Å². The summed E-state index contributed by atoms with van der Waals surface area (Å²) in [5, 5.41) is 18.9. The lowest BCUT2D eigenvalue weighted by Gasteiger charge is -2.10. The van der Waals surface area contributed by atoms with Crippen LogP contribution in [0.5, 0.6) is 0 Å². The molecule has 1 aromatic carbocycles. The van der Waals surface area contributed by atoms with E-state index in [2.05, 4.69) is 15.4 Å². The van der Waals surface area contributed by atoms with Crippen molar-refractivity contribution in [3.05, 3.63) is 34.4 Å². The number of ether oxygens (including phenoxy) is 1. The van der Waals surface area contributed by atoms with Gasteiger partial charge < -0.3 is 21.0 Å². The molecule has 9 nitrogen and oxygen atoms in total. The van der Waals surface area contributed by atoms with E-state index in [1.165, 1.54) is 7.11 Å². The first kappa shape index (κ1) is 16.4. The molecule has 0 atom stereocenters. The van der Waals surface area contributed by atoms with Crippen LogP contribution in [-0.4, -0.2) is 28.6 Å². The molecule has 0 unspecified atom stereocenters. The number of hydrogen-bond donors (Lipinski definition) is 4. The number of alkyl carbamates (subject to hydrolysis) is 1. The summed E-state index contributed by atoms with van der Waals surface area (Å²) in [7, 11) is 1.26. The predicted octanol–water partition coefficient (Wildman–Crippen LogP) is 0.974. The maximum Gasteiger partial charge on any atom is 0.413 e. The molecule has 0 aliphatic carbocycles. The first-order valence-corrected chi connectivity index (χ1v) is 5.11. The highest BCUT2D eigenvalue weighted by atomic mass is 32.1. The van der Waals surface area contributed by atoms with E-state index in [-0.39, 0.29) is 5.11 Å². The van der Waals surface area contributed by atoms with Gasteiger partial charge in [-0.05, 0) is 24.4 Å². The highest BCUT2D eigenvalue weighted by molar-refractivity contribution is 7.80. The van der Waals surface area contributed by atoms with Gasteiger partial charge in [-0.25, -0.2) is 4.79 Å². The Kier molecular flexibility index (Phi) is 7.30. The highest BCUT2D eigenvalue weighted by Gasteiger charge is 2.04. The van der Waals surface area contributed by atoms with Gasteiger partial charge in [-0.2, -0.15) is 0 Å². The molecule has 104 valence electrons. The number of carbonyl (C=O) groups excluding carboxylic acids is 1. The molecule has 19 heavy (non-hydrogen) atoms. The van der Waals surface area contributed by atoms with Gasteiger partial charge in [0.05, 0.1) is 18.5 Å². The lowest BCUT2D eigenvalue weighted by Crippen LogP contribution is -2.34. The average molecular weight is 288 g/mol. The fraction of sp³-hybridized carbons (Fsp3) is 0.111. The summed E-state index contributed by atoms with van der Waals surface area (Å²) in [6.07, 6.45) is -0.623. The number of anilines is 2. The molecule has 1 amide bonds. The van der Waals surface area contributed by atoms with Gasteiger partial charge in [0.1, 0.15) is 0 Å². The molecule has 1 rings (SSSR count). The zero-order valence-electron chi connectivity index (χ0n) is 9.82. The fourth-order valence-electron chi connectivity index (χ4n) is 0.908. The maximum atomic E-state index is 10.8. The van der Waals surface area contributed by atoms with Crippen molar-refractivity contribution in [2.45, 2.75) is 0 Å². The number of para-hydroxylation sites is 2. The number of thiocarbonyl (C=S) groups is 1. The van der Waals surface area contributed by atoms with E-state index in [0.717, 1.165) is 0 Å². The minimum atomic E-state index is -1.50. The standard InChI is InChI=1S/C9H11N3O2S.HNO3/c1-14-9(13)12-8(15)11-7-5-3-2-4-6(7)10;2-1(3)4/h2-5H,10H2,1H3,(H2,11,12,13,15);(H,2,3,4). The molecule has 5 N–H and O–H groups in total. The number of nitrogens with one attached hydrogen (secondary N) is 2. The summed E-state index contributed by atoms with van der Waals surface area (Å²) < 4.78 is 4.38. The summed E-state index contributed by atoms with van der Waals surface area (Å²) in [5.41, 5.74) is 6.85. The van der Waals surface area contributed by atoms with Crippen LogP contribution in [0.1, 0.15) is 0 Å². The van der Waals surface area contributed by atoms with E-state index in [0.29, 0.717) is 11.4 Å². The van der Waals surface area contributed by atoms with E-state index in [9.17, 15) is 4.79 Å². The number of nitrogen functional groups attached to an aromatic ring is 1. The number of rotatable bonds is 1. The summed E-state index contributed by atoms with van der Waals surface area (Å²) >= 11 is 4.86. The zero-order valence-corrected chi connectivity index (χ0v) is 10.6. The van der Waals surface area contributed by atoms with Crippen molar-refractivity contribution < 1.29 is 19.8 Å². The molecular formula is C9H12N4O5S. The largest absolute Gasteiger partial charge is 0.453 e. The SMILES string of the molecule is COC(=O)NC(=S)Nc1ccccc1N.O=[N+]([O-])O. The van der Waals surface area contributed by atoms with E-state index in [4.69, 9.17) is 33.3 Å². The van der Waals surface area contributed by atoms with Gasteiger partial charge in [0.2, 0.25) is 0 Å². The quantitative estimate of drug-likeness (QED) is 0.259. The van der Waals surface area contributed by atoms with Crippen molar-refractivity contribution in [1.82, 2.24) is 5.32 Å². The minimum absolute atomic E-state index is 0.139. The van der Waals surface area contributed by atoms with E-state index >= 15 is 0 Å². The average Bonchev–Trinajstić information content (AvgIpc) is 2.31. The topological polar surface area (TPSA) is 140 Å². The molecule has 0 aliphatic heterocycles. The van der Waals surface area contributed by atoms with Crippen molar-refractivity contribution in [3.63, 3.8) is 0 Å². The number of methoxy groups -OCH3 is 1. The van der Waals surface area contributed by atoms with Crippen molar-refractivity contribution >= 4 is 34.8 Å². The van der Waals surface area contributed by atoms with E-state index < -0.39 is 11.2 Å². The van der Waals surface area contributed by atoms with Crippen molar-refractivity contribution in [2.24, 2.45) is 0 Å². The Morgan fingerprint density at radius 3 is 2.53 bits per heavy atom. The predicted molar refractivity (Wildman–Crippen MR) is 71.4 cm³/mol. The molecular weight excluding hydrogens is 276 g/mol. The van der Waals surface area contributed by atoms with Gasteiger partial charge in [-0.1, -0.05) is 12.1 Å². The molecule has 0 spiro atoms. The third-order valence-electron chi connectivity index (χ3n) is 1.61. The molecule has 0 radical (unpaired) electrons. The van der Waals surface area contributed by atoms with Crippen LogP contribution >= 0.6 is 12.2 Å². The molecule has 0 heterocycles. The summed E-state index contributed by atoms with van der Waals surface area (Å²) in [6, 6.07) is 7.08. The van der Waals surface area contributed by atoms with Crippen LogP contribution < -0.4 is 16.4 Å². The van der Waals surface area contributed by atoms with Gasteiger partial charge in [0.15, 0.2) is 5.11 Å². The molecule has 0 bridgehead atoms. The number of carbonyl (C=O) groups is 1. The Balaban J connectivity index is 0.000000711. The van der Waals surface area contributed by atoms with Crippen LogP contribution in [0, 0.1) is 10.1 Å². The van der Waals surface area contributed by atoms with Gasteiger partial charge in [0.25, 0.3) is 5.09 Å². The van der Waals surface area contributed by atoms with E-state index in [1.807, 2.05) is 0 Å². The normalized spacial score (nSPS) is 8.47. The minimum Gasteiger partial charge on any atom is -0.453 e. The van der Waals surface area contributed by atoms with Crippen LogP contribution in [0.15, 0.2) is 24.3 Å². The maximum absolute atomic E-state index is 10.8. The molecule has 0 saturated heterocycles. The van der Waals surface area contributed by atoms with Crippen molar-refractivity contribution in [1.29, 1.82) is 0 Å². The number of benzene rings is 1. The van der Waals surface area contributed by atoms with E-state index in [1.54, 1.807) is 24.3 Å². The van der Waals surface area contributed by atoms with Crippen LogP contribution in [0.4, 0.5) is 16.2 Å². The number of amides is 1. The first-order valence-electron chi connectivity index (χ1n) is 4.70. The Hall–Kier alpha value is -2.62. The van der Waals surface area contributed by atoms with Crippen molar-refractivity contribution in [3.8, 4) is 0 Å². The lowest BCUT2D eigenvalue weighted by atomic mass is 10.3. The molecule has 0 aliphatic rings. The second-order valence-electron chi connectivity index (χ2n) is 2.90. The third-order valence-corrected chi connectivity index (χ3v) is 1.81. The molecule has 10 heteroatoms. The summed E-state index contributed by atoms with van der Waals surface area (Å²) in [5.74, 6) is 0. The molecule has 0 fully saturated rings. The second kappa shape index (κ2) is 8.47. The summed E-state index contributed by atoms with van der Waals surface area (Å²) in [4.78, 5) is 19.2. The Bertz CT molecular complexity index is 464. The van der Waals surface area contributed by atoms with Gasteiger partial charge in [-0.15, -0.1) is 10.1 Å². The van der Waals surface area contributed by atoms with Gasteiger partial charge in [0, 0.05) is 0 Å². The van der Waals surface area contributed by atoms with Gasteiger partial charge >= 0.3 is 6.09 Å². The molecule has 0 aromatic heterocycles. The van der Waals surface area contributed by atoms with Crippen LogP contribution in [0.25, 0.3) is 0 Å². The Morgan fingerprint density at radius 1 is 1.53 bits per heavy atom. The summed E-state index contributed by atoms with van der Waals surface area (Å²) in [6.45, 7) is 0. The van der Waals surface area contributed by atoms with Gasteiger partial charge in [-0.3, -0.25) is 5.32 Å². The Morgan fingerprint density at radius 2 is 2.05 bits per heavy atom. The highest BCUT2D eigenvalue weighted by Crippen LogP contribution is 2.16. The Labute approximate surface area is 113 Å². The number of nitrogens with two attached hydrogens (primary N) is 1. The molecule has 0 saturated carbocycles. The molecule has 1 aromatic rings. The van der Waals surface area contributed by atoms with Crippen LogP contribution in [0.2, 0.25) is 0 Å². The zero-order chi connectivity index (χ0) is 14.8.